The van der Waals surface area contributed by atoms with Crippen LogP contribution < -0.4 is 5.73 Å². The van der Waals surface area contributed by atoms with Crippen molar-refractivity contribution in [3.63, 3.8) is 0 Å². The van der Waals surface area contributed by atoms with Crippen LogP contribution in [0.25, 0.3) is 0 Å². The number of ether oxygens (including phenoxy) is 1. The van der Waals surface area contributed by atoms with E-state index in [-0.39, 0.29) is 12.4 Å². The minimum atomic E-state index is 0. The van der Waals surface area contributed by atoms with Crippen LogP contribution in [0, 0.1) is 11.3 Å². The molecule has 2 atom stereocenters. The summed E-state index contributed by atoms with van der Waals surface area (Å²) in [6.07, 6.45) is 5.83. The zero-order chi connectivity index (χ0) is 7.90. The van der Waals surface area contributed by atoms with E-state index in [4.69, 9.17) is 10.5 Å². The fraction of sp³-hybridized carbons (Fsp3) is 1.00. The van der Waals surface area contributed by atoms with Gasteiger partial charge in [-0.25, -0.2) is 0 Å². The lowest BCUT2D eigenvalue weighted by Crippen LogP contribution is -2.60. The predicted octanol–water partition coefficient (Wildman–Crippen LogP) is 1.57. The molecule has 0 aromatic rings. The molecule has 0 amide bonds. The van der Waals surface area contributed by atoms with Crippen LogP contribution in [0.2, 0.25) is 0 Å². The second-order valence-corrected chi connectivity index (χ2v) is 3.98. The lowest BCUT2D eigenvalue weighted by Gasteiger charge is -2.60. The van der Waals surface area contributed by atoms with E-state index in [2.05, 4.69) is 0 Å². The first-order valence-electron chi connectivity index (χ1n) is 4.56. The van der Waals surface area contributed by atoms with Gasteiger partial charge in [0.05, 0.1) is 6.10 Å². The third-order valence-corrected chi connectivity index (χ3v) is 3.81. The molecule has 0 aliphatic heterocycles. The number of hydrogen-bond acceptors (Lipinski definition) is 2. The van der Waals surface area contributed by atoms with Crippen molar-refractivity contribution in [3.8, 4) is 0 Å². The number of methoxy groups -OCH3 is 1. The maximum absolute atomic E-state index is 5.68. The second kappa shape index (κ2) is 3.52. The van der Waals surface area contributed by atoms with Crippen LogP contribution in [0.5, 0.6) is 0 Å². The van der Waals surface area contributed by atoms with Crippen molar-refractivity contribution >= 4 is 12.4 Å². The van der Waals surface area contributed by atoms with Gasteiger partial charge in [0.25, 0.3) is 0 Å². The highest BCUT2D eigenvalue weighted by atomic mass is 35.5. The lowest BCUT2D eigenvalue weighted by molar-refractivity contribution is -0.180. The Bertz CT molecular complexity index is 147. The lowest BCUT2D eigenvalue weighted by atomic mass is 9.48. The fourth-order valence-corrected chi connectivity index (χ4v) is 2.81. The summed E-state index contributed by atoms with van der Waals surface area (Å²) in [4.78, 5) is 0. The van der Waals surface area contributed by atoms with Crippen LogP contribution in [-0.2, 0) is 4.74 Å². The summed E-state index contributed by atoms with van der Waals surface area (Å²) in [5, 5.41) is 0. The van der Waals surface area contributed by atoms with Crippen LogP contribution in [0.3, 0.4) is 0 Å². The van der Waals surface area contributed by atoms with Gasteiger partial charge >= 0.3 is 0 Å². The zero-order valence-corrected chi connectivity index (χ0v) is 8.40. The standard InChI is InChI=1S/C9H17NO.ClH/c1-11-8-5-7(6-10)9(8)3-2-4-9;/h7-8H,2-6,10H2,1H3;1H. The van der Waals surface area contributed by atoms with E-state index in [9.17, 15) is 0 Å². The zero-order valence-electron chi connectivity index (χ0n) is 7.58. The fourth-order valence-electron chi connectivity index (χ4n) is 2.81. The topological polar surface area (TPSA) is 35.2 Å². The SMILES string of the molecule is COC1CC(CN)C12CCC2.Cl. The second-order valence-electron chi connectivity index (χ2n) is 3.98. The highest BCUT2D eigenvalue weighted by Gasteiger charge is 2.57. The third-order valence-electron chi connectivity index (χ3n) is 3.81. The largest absolute Gasteiger partial charge is 0.381 e. The molecule has 0 saturated heterocycles. The Kier molecular flexibility index (Phi) is 3.02. The summed E-state index contributed by atoms with van der Waals surface area (Å²) in [5.74, 6) is 0.765. The van der Waals surface area contributed by atoms with Crippen LogP contribution in [0.1, 0.15) is 25.7 Å². The van der Waals surface area contributed by atoms with E-state index in [0.29, 0.717) is 11.5 Å². The monoisotopic (exact) mass is 191 g/mol. The normalized spacial score (nSPS) is 36.5. The Morgan fingerprint density at radius 2 is 2.17 bits per heavy atom. The average Bonchev–Trinajstić information content (AvgIpc) is 1.84. The highest BCUT2D eigenvalue weighted by molar-refractivity contribution is 5.85. The molecule has 0 radical (unpaired) electrons. The summed E-state index contributed by atoms with van der Waals surface area (Å²) in [5.41, 5.74) is 6.21. The van der Waals surface area contributed by atoms with Crippen LogP contribution >= 0.6 is 12.4 Å². The summed E-state index contributed by atoms with van der Waals surface area (Å²) >= 11 is 0. The molecule has 3 heteroatoms. The van der Waals surface area contributed by atoms with Crippen molar-refractivity contribution in [2.24, 2.45) is 17.1 Å². The molecule has 2 rings (SSSR count). The average molecular weight is 192 g/mol. The molecule has 2 aliphatic rings. The number of hydrogen-bond donors (Lipinski definition) is 1. The van der Waals surface area contributed by atoms with Gasteiger partial charge < -0.3 is 10.5 Å². The molecule has 2 nitrogen and oxygen atoms in total. The smallest absolute Gasteiger partial charge is 0.0634 e. The van der Waals surface area contributed by atoms with Gasteiger partial charge in [0.2, 0.25) is 0 Å². The first-order valence-corrected chi connectivity index (χ1v) is 4.56. The summed E-state index contributed by atoms with van der Waals surface area (Å²) in [6, 6.07) is 0. The van der Waals surface area contributed by atoms with Crippen LogP contribution in [-0.4, -0.2) is 19.8 Å². The molecular weight excluding hydrogens is 174 g/mol. The van der Waals surface area contributed by atoms with Crippen molar-refractivity contribution < 1.29 is 4.74 Å². The van der Waals surface area contributed by atoms with Gasteiger partial charge in [-0.05, 0) is 31.7 Å². The van der Waals surface area contributed by atoms with Gasteiger partial charge in [-0.15, -0.1) is 12.4 Å². The predicted molar refractivity (Wildman–Crippen MR) is 51.5 cm³/mol. The van der Waals surface area contributed by atoms with Crippen molar-refractivity contribution in [3.05, 3.63) is 0 Å². The maximum atomic E-state index is 5.68. The van der Waals surface area contributed by atoms with Gasteiger partial charge in [0.1, 0.15) is 0 Å². The van der Waals surface area contributed by atoms with E-state index in [1.165, 1.54) is 25.7 Å². The van der Waals surface area contributed by atoms with Crippen molar-refractivity contribution in [1.29, 1.82) is 0 Å². The molecule has 0 bridgehead atoms. The van der Waals surface area contributed by atoms with Gasteiger partial charge in [-0.1, -0.05) is 6.42 Å². The molecule has 2 unspecified atom stereocenters. The Morgan fingerprint density at radius 3 is 2.50 bits per heavy atom. The van der Waals surface area contributed by atoms with E-state index in [1.807, 2.05) is 7.11 Å². The van der Waals surface area contributed by atoms with Crippen LogP contribution in [0.4, 0.5) is 0 Å². The highest BCUT2D eigenvalue weighted by Crippen LogP contribution is 2.60. The maximum Gasteiger partial charge on any atom is 0.0634 e. The number of rotatable bonds is 2. The number of nitrogens with two attached hydrogens (primary N) is 1. The molecule has 0 heterocycles. The van der Waals surface area contributed by atoms with Gasteiger partial charge in [-0.3, -0.25) is 0 Å². The Hall–Kier alpha value is 0.210. The Balaban J connectivity index is 0.000000720. The first-order chi connectivity index (χ1) is 5.33. The van der Waals surface area contributed by atoms with Crippen molar-refractivity contribution in [2.75, 3.05) is 13.7 Å². The van der Waals surface area contributed by atoms with Gasteiger partial charge in [0.15, 0.2) is 0 Å². The first kappa shape index (κ1) is 10.3. The van der Waals surface area contributed by atoms with Crippen LogP contribution in [0.15, 0.2) is 0 Å². The third kappa shape index (κ3) is 1.09. The Morgan fingerprint density at radius 1 is 1.50 bits per heavy atom. The summed E-state index contributed by atoms with van der Waals surface area (Å²) in [7, 11) is 1.83. The van der Waals surface area contributed by atoms with Crippen molar-refractivity contribution in [2.45, 2.75) is 31.8 Å². The van der Waals surface area contributed by atoms with Gasteiger partial charge in [0, 0.05) is 12.5 Å². The van der Waals surface area contributed by atoms with E-state index in [0.717, 1.165) is 12.5 Å². The molecule has 2 N–H and O–H groups in total. The van der Waals surface area contributed by atoms with E-state index < -0.39 is 0 Å². The molecule has 0 aromatic carbocycles. The summed E-state index contributed by atoms with van der Waals surface area (Å²) in [6.45, 7) is 0.861. The van der Waals surface area contributed by atoms with E-state index >= 15 is 0 Å². The molecule has 12 heavy (non-hydrogen) atoms. The molecule has 0 aromatic heterocycles. The van der Waals surface area contributed by atoms with Crippen molar-refractivity contribution in [1.82, 2.24) is 0 Å². The van der Waals surface area contributed by atoms with Gasteiger partial charge in [-0.2, -0.15) is 0 Å². The number of halogens is 1. The summed E-state index contributed by atoms with van der Waals surface area (Å²) < 4.78 is 5.42. The molecule has 2 fully saturated rings. The molecular formula is C9H18ClNO. The minimum Gasteiger partial charge on any atom is -0.381 e. The minimum absolute atomic E-state index is 0. The van der Waals surface area contributed by atoms with E-state index in [1.54, 1.807) is 0 Å². The molecule has 2 aliphatic carbocycles. The molecule has 72 valence electrons. The molecule has 1 spiro atoms. The quantitative estimate of drug-likeness (QED) is 0.720. The Labute approximate surface area is 80.3 Å². The molecule has 2 saturated carbocycles.